The molecule has 0 saturated carbocycles. The second-order valence-corrected chi connectivity index (χ2v) is 5.32. The third-order valence-electron chi connectivity index (χ3n) is 3.81. The molecule has 19 heavy (non-hydrogen) atoms. The van der Waals surface area contributed by atoms with E-state index in [4.69, 9.17) is 5.73 Å². The van der Waals surface area contributed by atoms with Crippen LogP contribution in [0.25, 0.3) is 0 Å². The highest BCUT2D eigenvalue weighted by atomic mass is 16.2. The van der Waals surface area contributed by atoms with Crippen LogP contribution in [-0.2, 0) is 0 Å². The first kappa shape index (κ1) is 13.7. The summed E-state index contributed by atoms with van der Waals surface area (Å²) >= 11 is 0. The predicted octanol–water partition coefficient (Wildman–Crippen LogP) is 1.83. The highest BCUT2D eigenvalue weighted by molar-refractivity contribution is 5.89. The van der Waals surface area contributed by atoms with Gasteiger partial charge in [0.25, 0.3) is 0 Å². The summed E-state index contributed by atoms with van der Waals surface area (Å²) in [6.45, 7) is 5.78. The number of nitrogens with zero attached hydrogens (tertiary/aromatic N) is 2. The third kappa shape index (κ3) is 3.17. The molecule has 1 aromatic carbocycles. The lowest BCUT2D eigenvalue weighted by atomic mass is 10.1. The van der Waals surface area contributed by atoms with Crippen LogP contribution >= 0.6 is 0 Å². The number of hydrogen-bond acceptors (Lipinski definition) is 3. The summed E-state index contributed by atoms with van der Waals surface area (Å²) in [5.41, 5.74) is 7.09. The Morgan fingerprint density at radius 2 is 1.74 bits per heavy atom. The van der Waals surface area contributed by atoms with E-state index in [-0.39, 0.29) is 6.03 Å². The Morgan fingerprint density at radius 1 is 1.21 bits per heavy atom. The molecule has 0 bridgehead atoms. The summed E-state index contributed by atoms with van der Waals surface area (Å²) in [6, 6.07) is 7.90. The van der Waals surface area contributed by atoms with Crippen LogP contribution in [0.4, 0.5) is 16.2 Å². The quantitative estimate of drug-likeness (QED) is 0.759. The van der Waals surface area contributed by atoms with Crippen LogP contribution in [0.15, 0.2) is 24.3 Å². The molecule has 0 spiro atoms. The van der Waals surface area contributed by atoms with Crippen molar-refractivity contribution in [3.8, 4) is 0 Å². The Balaban J connectivity index is 1.98. The number of nitrogen functional groups attached to an aromatic ring is 1. The van der Waals surface area contributed by atoms with Crippen LogP contribution in [0.1, 0.15) is 13.8 Å². The molecule has 0 aromatic heterocycles. The molecule has 1 aliphatic heterocycles. The first-order valence-electron chi connectivity index (χ1n) is 6.61. The van der Waals surface area contributed by atoms with E-state index in [9.17, 15) is 4.79 Å². The van der Waals surface area contributed by atoms with E-state index in [0.717, 1.165) is 18.8 Å². The van der Waals surface area contributed by atoms with Crippen LogP contribution in [0.3, 0.4) is 0 Å². The molecule has 0 aliphatic carbocycles. The second-order valence-electron chi connectivity index (χ2n) is 5.32. The number of anilines is 2. The standard InChI is InChI=1S/C14H22N4O/c1-10-8-18(9-11(2)17(10)3)14(19)16-13-6-4-12(15)5-7-13/h4-7,10-11H,8-9,15H2,1-3H3,(H,16,19). The summed E-state index contributed by atoms with van der Waals surface area (Å²) < 4.78 is 0. The van der Waals surface area contributed by atoms with Crippen LogP contribution in [0.2, 0.25) is 0 Å². The normalized spacial score (nSPS) is 24.3. The van der Waals surface area contributed by atoms with E-state index in [1.165, 1.54) is 0 Å². The van der Waals surface area contributed by atoms with Gasteiger partial charge in [0.15, 0.2) is 0 Å². The number of carbonyl (C=O) groups is 1. The average Bonchev–Trinajstić information content (AvgIpc) is 2.38. The van der Waals surface area contributed by atoms with E-state index < -0.39 is 0 Å². The SMILES string of the molecule is CC1CN(C(=O)Nc2ccc(N)cc2)CC(C)N1C. The van der Waals surface area contributed by atoms with Crippen molar-refractivity contribution in [3.05, 3.63) is 24.3 Å². The van der Waals surface area contributed by atoms with Crippen molar-refractivity contribution in [2.75, 3.05) is 31.2 Å². The van der Waals surface area contributed by atoms with Gasteiger partial charge in [-0.1, -0.05) is 0 Å². The number of nitrogens with two attached hydrogens (primary N) is 1. The van der Waals surface area contributed by atoms with Gasteiger partial charge in [-0.3, -0.25) is 4.90 Å². The minimum absolute atomic E-state index is 0.0448. The Bertz CT molecular complexity index is 433. The molecule has 0 radical (unpaired) electrons. The number of nitrogens with one attached hydrogen (secondary N) is 1. The summed E-state index contributed by atoms with van der Waals surface area (Å²) in [4.78, 5) is 16.4. The Kier molecular flexibility index (Phi) is 3.95. The molecule has 3 N–H and O–H groups in total. The van der Waals surface area contributed by atoms with Crippen LogP contribution in [0.5, 0.6) is 0 Å². The van der Waals surface area contributed by atoms with Crippen LogP contribution in [-0.4, -0.2) is 48.1 Å². The fourth-order valence-electron chi connectivity index (χ4n) is 2.34. The number of carbonyl (C=O) groups excluding carboxylic acids is 1. The summed E-state index contributed by atoms with van der Waals surface area (Å²) in [7, 11) is 2.10. The maximum atomic E-state index is 12.2. The van der Waals surface area contributed by atoms with Gasteiger partial charge >= 0.3 is 6.03 Å². The van der Waals surface area contributed by atoms with Gasteiger partial charge in [0, 0.05) is 36.5 Å². The number of likely N-dealkylation sites (N-methyl/N-ethyl adjacent to an activating group) is 1. The molecule has 2 amide bonds. The van der Waals surface area contributed by atoms with E-state index in [0.29, 0.717) is 17.8 Å². The highest BCUT2D eigenvalue weighted by Crippen LogP contribution is 2.16. The van der Waals surface area contributed by atoms with Gasteiger partial charge in [0.1, 0.15) is 0 Å². The molecule has 1 aliphatic rings. The zero-order valence-corrected chi connectivity index (χ0v) is 11.8. The number of rotatable bonds is 1. The summed E-state index contributed by atoms with van der Waals surface area (Å²) in [5, 5.41) is 2.91. The molecule has 2 unspecified atom stereocenters. The molecule has 1 heterocycles. The minimum atomic E-state index is -0.0448. The molecular formula is C14H22N4O. The fourth-order valence-corrected chi connectivity index (χ4v) is 2.34. The largest absolute Gasteiger partial charge is 0.399 e. The number of benzene rings is 1. The monoisotopic (exact) mass is 262 g/mol. The maximum Gasteiger partial charge on any atom is 0.321 e. The van der Waals surface area contributed by atoms with Gasteiger partial charge in [-0.05, 0) is 45.2 Å². The molecule has 2 rings (SSSR count). The Morgan fingerprint density at radius 3 is 2.26 bits per heavy atom. The van der Waals surface area contributed by atoms with Crippen LogP contribution < -0.4 is 11.1 Å². The average molecular weight is 262 g/mol. The van der Waals surface area contributed by atoms with Crippen molar-refractivity contribution < 1.29 is 4.79 Å². The van der Waals surface area contributed by atoms with Crippen molar-refractivity contribution in [1.29, 1.82) is 0 Å². The van der Waals surface area contributed by atoms with E-state index >= 15 is 0 Å². The van der Waals surface area contributed by atoms with Crippen molar-refractivity contribution in [3.63, 3.8) is 0 Å². The zero-order chi connectivity index (χ0) is 14.0. The van der Waals surface area contributed by atoms with Crippen molar-refractivity contribution in [1.82, 2.24) is 9.80 Å². The van der Waals surface area contributed by atoms with Gasteiger partial charge < -0.3 is 16.0 Å². The smallest absolute Gasteiger partial charge is 0.321 e. The van der Waals surface area contributed by atoms with Gasteiger partial charge in [0.05, 0.1) is 0 Å². The zero-order valence-electron chi connectivity index (χ0n) is 11.8. The van der Waals surface area contributed by atoms with Crippen molar-refractivity contribution >= 4 is 17.4 Å². The highest BCUT2D eigenvalue weighted by Gasteiger charge is 2.29. The van der Waals surface area contributed by atoms with Crippen LogP contribution in [0, 0.1) is 0 Å². The molecular weight excluding hydrogens is 240 g/mol. The molecule has 1 saturated heterocycles. The lowest BCUT2D eigenvalue weighted by Crippen LogP contribution is -2.57. The lowest BCUT2D eigenvalue weighted by molar-refractivity contribution is 0.0816. The molecule has 5 nitrogen and oxygen atoms in total. The Hall–Kier alpha value is -1.75. The number of hydrogen-bond donors (Lipinski definition) is 2. The topological polar surface area (TPSA) is 61.6 Å². The van der Waals surface area contributed by atoms with E-state index in [1.54, 1.807) is 12.1 Å². The summed E-state index contributed by atoms with van der Waals surface area (Å²) in [6.07, 6.45) is 0. The third-order valence-corrected chi connectivity index (χ3v) is 3.81. The number of amides is 2. The molecule has 1 aromatic rings. The maximum absolute atomic E-state index is 12.2. The molecule has 5 heteroatoms. The number of piperazine rings is 1. The summed E-state index contributed by atoms with van der Waals surface area (Å²) in [5.74, 6) is 0. The van der Waals surface area contributed by atoms with E-state index in [2.05, 4.69) is 31.1 Å². The predicted molar refractivity (Wildman–Crippen MR) is 78.1 cm³/mol. The molecule has 1 fully saturated rings. The van der Waals surface area contributed by atoms with Crippen molar-refractivity contribution in [2.45, 2.75) is 25.9 Å². The first-order chi connectivity index (χ1) is 8.97. The molecule has 2 atom stereocenters. The van der Waals surface area contributed by atoms with Gasteiger partial charge in [0.2, 0.25) is 0 Å². The van der Waals surface area contributed by atoms with Crippen molar-refractivity contribution in [2.24, 2.45) is 0 Å². The molecule has 104 valence electrons. The van der Waals surface area contributed by atoms with Gasteiger partial charge in [-0.15, -0.1) is 0 Å². The van der Waals surface area contributed by atoms with Gasteiger partial charge in [-0.25, -0.2) is 4.79 Å². The first-order valence-corrected chi connectivity index (χ1v) is 6.61. The number of urea groups is 1. The van der Waals surface area contributed by atoms with Gasteiger partial charge in [-0.2, -0.15) is 0 Å². The Labute approximate surface area is 114 Å². The fraction of sp³-hybridized carbons (Fsp3) is 0.500. The second kappa shape index (κ2) is 5.48. The minimum Gasteiger partial charge on any atom is -0.399 e. The van der Waals surface area contributed by atoms with E-state index in [1.807, 2.05) is 17.0 Å². The lowest BCUT2D eigenvalue weighted by Gasteiger charge is -2.42.